The van der Waals surface area contributed by atoms with Crippen LogP contribution < -0.4 is 0 Å². The van der Waals surface area contributed by atoms with Crippen molar-refractivity contribution in [1.82, 2.24) is 9.80 Å². The Labute approximate surface area is 148 Å². The summed E-state index contributed by atoms with van der Waals surface area (Å²) in [6.07, 6.45) is 13.7. The van der Waals surface area contributed by atoms with E-state index in [1.54, 1.807) is 0 Å². The molecule has 24 heavy (non-hydrogen) atoms. The standard InChI is InChI=1S/C20H35N3O/c1-4-14-22(15-5-2)19(24)9-6-8-18-10-16-23(17-11-18)20(3)12-7-13-21-20/h7,12-13,18H,4-6,8-11,14-17H2,1-3H3. The monoisotopic (exact) mass is 333 g/mol. The number of hydrogen-bond donors (Lipinski definition) is 0. The Kier molecular flexibility index (Phi) is 7.47. The predicted molar refractivity (Wildman–Crippen MR) is 101 cm³/mol. The first kappa shape index (κ1) is 19.2. The molecule has 1 atom stereocenters. The Morgan fingerprint density at radius 3 is 2.46 bits per heavy atom. The van der Waals surface area contributed by atoms with Crippen molar-refractivity contribution < 1.29 is 4.79 Å². The maximum atomic E-state index is 12.3. The zero-order valence-corrected chi connectivity index (χ0v) is 15.8. The second kappa shape index (κ2) is 9.36. The van der Waals surface area contributed by atoms with Crippen molar-refractivity contribution in [2.24, 2.45) is 10.9 Å². The lowest BCUT2D eigenvalue weighted by Crippen LogP contribution is -2.47. The summed E-state index contributed by atoms with van der Waals surface area (Å²) < 4.78 is 0. The van der Waals surface area contributed by atoms with Gasteiger partial charge in [0.25, 0.3) is 0 Å². The van der Waals surface area contributed by atoms with Gasteiger partial charge in [-0.15, -0.1) is 0 Å². The minimum Gasteiger partial charge on any atom is -0.343 e. The molecule has 4 heteroatoms. The van der Waals surface area contributed by atoms with Crippen LogP contribution in [-0.4, -0.2) is 53.8 Å². The lowest BCUT2D eigenvalue weighted by Gasteiger charge is -2.40. The molecule has 0 aromatic carbocycles. The average Bonchev–Trinajstić information content (AvgIpc) is 3.03. The smallest absolute Gasteiger partial charge is 0.222 e. The van der Waals surface area contributed by atoms with Gasteiger partial charge in [-0.1, -0.05) is 13.8 Å². The number of allylic oxidation sites excluding steroid dienone is 1. The zero-order valence-electron chi connectivity index (χ0n) is 15.8. The van der Waals surface area contributed by atoms with Crippen LogP contribution in [0.1, 0.15) is 65.7 Å². The fourth-order valence-electron chi connectivity index (χ4n) is 3.92. The van der Waals surface area contributed by atoms with E-state index in [9.17, 15) is 4.79 Å². The molecular weight excluding hydrogens is 298 g/mol. The van der Waals surface area contributed by atoms with E-state index < -0.39 is 0 Å². The number of hydrogen-bond acceptors (Lipinski definition) is 3. The SMILES string of the molecule is CCCN(CCC)C(=O)CCCC1CCN(C2(C)C=CC=N2)CC1. The van der Waals surface area contributed by atoms with Crippen molar-refractivity contribution in [3.63, 3.8) is 0 Å². The molecule has 1 fully saturated rings. The average molecular weight is 334 g/mol. The van der Waals surface area contributed by atoms with Crippen LogP contribution in [0.15, 0.2) is 17.1 Å². The van der Waals surface area contributed by atoms with Gasteiger partial charge in [0.15, 0.2) is 0 Å². The minimum atomic E-state index is -0.109. The Hall–Kier alpha value is -1.16. The summed E-state index contributed by atoms with van der Waals surface area (Å²) in [6.45, 7) is 10.6. The molecular formula is C20H35N3O. The molecule has 0 N–H and O–H groups in total. The zero-order chi connectivity index (χ0) is 17.4. The molecule has 136 valence electrons. The van der Waals surface area contributed by atoms with Crippen LogP contribution in [0.4, 0.5) is 0 Å². The predicted octanol–water partition coefficient (Wildman–Crippen LogP) is 3.87. The quantitative estimate of drug-likeness (QED) is 0.642. The van der Waals surface area contributed by atoms with E-state index >= 15 is 0 Å². The summed E-state index contributed by atoms with van der Waals surface area (Å²) in [5, 5.41) is 0. The number of rotatable bonds is 9. The van der Waals surface area contributed by atoms with Crippen molar-refractivity contribution >= 4 is 12.1 Å². The van der Waals surface area contributed by atoms with Crippen LogP contribution in [0.25, 0.3) is 0 Å². The van der Waals surface area contributed by atoms with E-state index in [0.717, 1.165) is 57.8 Å². The summed E-state index contributed by atoms with van der Waals surface area (Å²) in [5.74, 6) is 1.13. The van der Waals surface area contributed by atoms with Crippen LogP contribution in [0.2, 0.25) is 0 Å². The summed E-state index contributed by atoms with van der Waals surface area (Å²) in [6, 6.07) is 0. The third kappa shape index (κ3) is 5.17. The Bertz CT molecular complexity index is 432. The van der Waals surface area contributed by atoms with Gasteiger partial charge in [-0.25, -0.2) is 0 Å². The van der Waals surface area contributed by atoms with Gasteiger partial charge in [0, 0.05) is 38.8 Å². The van der Waals surface area contributed by atoms with Crippen molar-refractivity contribution in [2.45, 2.75) is 71.4 Å². The summed E-state index contributed by atoms with van der Waals surface area (Å²) in [5.41, 5.74) is -0.109. The van der Waals surface area contributed by atoms with Gasteiger partial charge >= 0.3 is 0 Å². The van der Waals surface area contributed by atoms with E-state index in [0.29, 0.717) is 5.91 Å². The van der Waals surface area contributed by atoms with Crippen molar-refractivity contribution in [3.8, 4) is 0 Å². The maximum absolute atomic E-state index is 12.3. The van der Waals surface area contributed by atoms with Gasteiger partial charge in [0.05, 0.1) is 0 Å². The van der Waals surface area contributed by atoms with Crippen molar-refractivity contribution in [3.05, 3.63) is 12.2 Å². The minimum absolute atomic E-state index is 0.109. The summed E-state index contributed by atoms with van der Waals surface area (Å²) in [7, 11) is 0. The van der Waals surface area contributed by atoms with Crippen LogP contribution in [0.5, 0.6) is 0 Å². The van der Waals surface area contributed by atoms with Gasteiger partial charge in [0.1, 0.15) is 5.66 Å². The first-order chi connectivity index (χ1) is 11.6. The topological polar surface area (TPSA) is 35.9 Å². The first-order valence-electron chi connectivity index (χ1n) is 9.85. The van der Waals surface area contributed by atoms with E-state index in [-0.39, 0.29) is 5.66 Å². The van der Waals surface area contributed by atoms with Crippen LogP contribution in [0.3, 0.4) is 0 Å². The molecule has 1 unspecified atom stereocenters. The molecule has 0 saturated carbocycles. The normalized spacial score (nSPS) is 24.6. The van der Waals surface area contributed by atoms with Crippen molar-refractivity contribution in [1.29, 1.82) is 0 Å². The lowest BCUT2D eigenvalue weighted by molar-refractivity contribution is -0.131. The van der Waals surface area contributed by atoms with Gasteiger partial charge in [-0.05, 0) is 63.5 Å². The highest BCUT2D eigenvalue weighted by Gasteiger charge is 2.32. The van der Waals surface area contributed by atoms with Gasteiger partial charge < -0.3 is 4.90 Å². The number of amides is 1. The van der Waals surface area contributed by atoms with Crippen LogP contribution >= 0.6 is 0 Å². The number of likely N-dealkylation sites (tertiary alicyclic amines) is 1. The van der Waals surface area contributed by atoms with Gasteiger partial charge in [-0.3, -0.25) is 14.7 Å². The number of carbonyl (C=O) groups excluding carboxylic acids is 1. The van der Waals surface area contributed by atoms with Gasteiger partial charge in [0.2, 0.25) is 5.91 Å². The van der Waals surface area contributed by atoms with Crippen molar-refractivity contribution in [2.75, 3.05) is 26.2 Å². The molecule has 0 spiro atoms. The summed E-state index contributed by atoms with van der Waals surface area (Å²) in [4.78, 5) is 21.5. The van der Waals surface area contributed by atoms with Crippen LogP contribution in [0, 0.1) is 5.92 Å². The number of carbonyl (C=O) groups is 1. The Morgan fingerprint density at radius 2 is 1.92 bits per heavy atom. The van der Waals surface area contributed by atoms with E-state index in [1.165, 1.54) is 19.3 Å². The molecule has 1 amide bonds. The third-order valence-corrected chi connectivity index (χ3v) is 5.43. The van der Waals surface area contributed by atoms with E-state index in [4.69, 9.17) is 0 Å². The van der Waals surface area contributed by atoms with E-state index in [2.05, 4.69) is 42.8 Å². The first-order valence-corrected chi connectivity index (χ1v) is 9.85. The second-order valence-electron chi connectivity index (χ2n) is 7.43. The molecule has 0 bridgehead atoms. The largest absolute Gasteiger partial charge is 0.343 e. The fraction of sp³-hybridized carbons (Fsp3) is 0.800. The molecule has 0 aromatic heterocycles. The second-order valence-corrected chi connectivity index (χ2v) is 7.43. The molecule has 0 aliphatic carbocycles. The molecule has 0 radical (unpaired) electrons. The Balaban J connectivity index is 1.66. The lowest BCUT2D eigenvalue weighted by atomic mass is 9.90. The van der Waals surface area contributed by atoms with E-state index in [1.807, 2.05) is 11.1 Å². The highest BCUT2D eigenvalue weighted by molar-refractivity contribution is 5.76. The molecule has 2 aliphatic rings. The molecule has 2 heterocycles. The van der Waals surface area contributed by atoms with Crippen LogP contribution in [-0.2, 0) is 4.79 Å². The molecule has 4 nitrogen and oxygen atoms in total. The molecule has 2 aliphatic heterocycles. The maximum Gasteiger partial charge on any atom is 0.222 e. The Morgan fingerprint density at radius 1 is 1.25 bits per heavy atom. The fourth-order valence-corrected chi connectivity index (χ4v) is 3.92. The highest BCUT2D eigenvalue weighted by Crippen LogP contribution is 2.30. The molecule has 1 saturated heterocycles. The van der Waals surface area contributed by atoms with Gasteiger partial charge in [-0.2, -0.15) is 0 Å². The summed E-state index contributed by atoms with van der Waals surface area (Å²) >= 11 is 0. The number of piperidine rings is 1. The molecule has 0 aromatic rings. The number of aliphatic imine (C=N–C) groups is 1. The third-order valence-electron chi connectivity index (χ3n) is 5.43. The molecule has 2 rings (SSSR count). The highest BCUT2D eigenvalue weighted by atomic mass is 16.2. The number of nitrogens with zero attached hydrogens (tertiary/aromatic N) is 3.